The topological polar surface area (TPSA) is 58.2 Å². The molecule has 2 N–H and O–H groups in total. The molecule has 0 aliphatic heterocycles. The van der Waals surface area contributed by atoms with Gasteiger partial charge in [-0.15, -0.1) is 0 Å². The van der Waals surface area contributed by atoms with Crippen molar-refractivity contribution in [2.75, 3.05) is 13.1 Å². The maximum Gasteiger partial charge on any atom is 0.254 e. The van der Waals surface area contributed by atoms with Gasteiger partial charge in [-0.3, -0.25) is 9.59 Å². The Morgan fingerprint density at radius 3 is 2.52 bits per heavy atom. The van der Waals surface area contributed by atoms with E-state index in [9.17, 15) is 14.0 Å². The molecule has 0 bridgehead atoms. The largest absolute Gasteiger partial charge is 0.354 e. The minimum atomic E-state index is -0.586. The van der Waals surface area contributed by atoms with Crippen molar-refractivity contribution in [3.63, 3.8) is 0 Å². The quantitative estimate of drug-likeness (QED) is 0.874. The number of carbonyl (C=O) groups is 2. The van der Waals surface area contributed by atoms with Gasteiger partial charge in [0.15, 0.2) is 0 Å². The maximum atomic E-state index is 13.4. The fraction of sp³-hybridized carbons (Fsp3) is 0.500. The number of halogens is 1. The van der Waals surface area contributed by atoms with Gasteiger partial charge in [-0.05, 0) is 30.9 Å². The Balaban J connectivity index is 1.71. The molecule has 21 heavy (non-hydrogen) atoms. The zero-order valence-corrected chi connectivity index (χ0v) is 12.0. The van der Waals surface area contributed by atoms with E-state index < -0.39 is 11.7 Å². The van der Waals surface area contributed by atoms with Gasteiger partial charge in [0, 0.05) is 6.54 Å². The highest BCUT2D eigenvalue weighted by Crippen LogP contribution is 2.22. The molecule has 0 saturated heterocycles. The molecular weight excluding hydrogens is 271 g/mol. The van der Waals surface area contributed by atoms with E-state index in [0.717, 1.165) is 12.8 Å². The predicted octanol–water partition coefficient (Wildman–Crippen LogP) is 2.25. The third kappa shape index (κ3) is 4.85. The summed E-state index contributed by atoms with van der Waals surface area (Å²) in [6.45, 7) is 0.536. The van der Waals surface area contributed by atoms with Gasteiger partial charge in [-0.25, -0.2) is 4.39 Å². The van der Waals surface area contributed by atoms with Crippen LogP contribution in [0.5, 0.6) is 0 Å². The van der Waals surface area contributed by atoms with Crippen molar-refractivity contribution >= 4 is 11.8 Å². The standard InChI is InChI=1S/C16H21FN2O2/c17-14-9-5-4-8-13(14)16(21)19-11-15(20)18-10-12-6-2-1-3-7-12/h4-5,8-9,12H,1-3,6-7,10-11H2,(H,18,20)(H,19,21). The Labute approximate surface area is 124 Å². The summed E-state index contributed by atoms with van der Waals surface area (Å²) in [5.74, 6) is -0.839. The van der Waals surface area contributed by atoms with Crippen molar-refractivity contribution < 1.29 is 14.0 Å². The number of nitrogens with one attached hydrogen (secondary N) is 2. The second-order valence-corrected chi connectivity index (χ2v) is 5.47. The normalized spacial score (nSPS) is 15.5. The van der Waals surface area contributed by atoms with Gasteiger partial charge in [-0.1, -0.05) is 31.4 Å². The molecule has 1 aliphatic carbocycles. The summed E-state index contributed by atoms with van der Waals surface area (Å²) in [6.07, 6.45) is 6.04. The summed E-state index contributed by atoms with van der Waals surface area (Å²) in [7, 11) is 0. The molecular formula is C16H21FN2O2. The molecule has 1 aliphatic rings. The second kappa shape index (κ2) is 7.76. The van der Waals surface area contributed by atoms with Crippen LogP contribution >= 0.6 is 0 Å². The van der Waals surface area contributed by atoms with Gasteiger partial charge in [0.2, 0.25) is 5.91 Å². The predicted molar refractivity (Wildman–Crippen MR) is 78.3 cm³/mol. The molecule has 0 heterocycles. The summed E-state index contributed by atoms with van der Waals surface area (Å²) >= 11 is 0. The Morgan fingerprint density at radius 1 is 1.10 bits per heavy atom. The van der Waals surface area contributed by atoms with Crippen molar-refractivity contribution in [2.24, 2.45) is 5.92 Å². The second-order valence-electron chi connectivity index (χ2n) is 5.47. The minimum absolute atomic E-state index is 0.0439. The molecule has 2 amide bonds. The zero-order valence-electron chi connectivity index (χ0n) is 12.0. The Hall–Kier alpha value is -1.91. The summed E-state index contributed by atoms with van der Waals surface area (Å²) in [5.41, 5.74) is -0.0439. The molecule has 0 atom stereocenters. The van der Waals surface area contributed by atoms with E-state index in [2.05, 4.69) is 10.6 Å². The van der Waals surface area contributed by atoms with Crippen LogP contribution in [0.3, 0.4) is 0 Å². The van der Waals surface area contributed by atoms with Gasteiger partial charge < -0.3 is 10.6 Å². The number of rotatable bonds is 5. The van der Waals surface area contributed by atoms with Crippen LogP contribution in [0.25, 0.3) is 0 Å². The molecule has 1 aromatic rings. The first kappa shape index (κ1) is 15.5. The molecule has 2 rings (SSSR count). The fourth-order valence-corrected chi connectivity index (χ4v) is 2.61. The lowest BCUT2D eigenvalue weighted by molar-refractivity contribution is -0.120. The molecule has 5 heteroatoms. The fourth-order valence-electron chi connectivity index (χ4n) is 2.61. The molecule has 1 saturated carbocycles. The highest BCUT2D eigenvalue weighted by Gasteiger charge is 2.15. The Morgan fingerprint density at radius 2 is 1.81 bits per heavy atom. The van der Waals surface area contributed by atoms with Gasteiger partial charge in [0.1, 0.15) is 5.82 Å². The van der Waals surface area contributed by atoms with Gasteiger partial charge >= 0.3 is 0 Å². The van der Waals surface area contributed by atoms with Crippen LogP contribution in [0.1, 0.15) is 42.5 Å². The monoisotopic (exact) mass is 292 g/mol. The molecule has 0 aromatic heterocycles. The smallest absolute Gasteiger partial charge is 0.254 e. The number of amides is 2. The van der Waals surface area contributed by atoms with Gasteiger partial charge in [0.25, 0.3) is 5.91 Å². The van der Waals surface area contributed by atoms with E-state index in [1.54, 1.807) is 6.07 Å². The highest BCUT2D eigenvalue weighted by molar-refractivity contribution is 5.96. The molecule has 1 aromatic carbocycles. The highest BCUT2D eigenvalue weighted by atomic mass is 19.1. The average Bonchev–Trinajstić information content (AvgIpc) is 2.52. The van der Waals surface area contributed by atoms with E-state index in [4.69, 9.17) is 0 Å². The summed E-state index contributed by atoms with van der Waals surface area (Å²) in [6, 6.07) is 5.72. The SMILES string of the molecule is O=C(CNC(=O)c1ccccc1F)NCC1CCCCC1. The van der Waals surface area contributed by atoms with Gasteiger partial charge in [-0.2, -0.15) is 0 Å². The molecule has 0 spiro atoms. The van der Waals surface area contributed by atoms with Crippen LogP contribution in [0.2, 0.25) is 0 Å². The first-order valence-electron chi connectivity index (χ1n) is 7.46. The van der Waals surface area contributed by atoms with Crippen LogP contribution in [0, 0.1) is 11.7 Å². The molecule has 114 valence electrons. The van der Waals surface area contributed by atoms with Crippen LogP contribution in [0.15, 0.2) is 24.3 Å². The number of carbonyl (C=O) groups excluding carboxylic acids is 2. The minimum Gasteiger partial charge on any atom is -0.354 e. The number of hydrogen-bond donors (Lipinski definition) is 2. The maximum absolute atomic E-state index is 13.4. The van der Waals surface area contributed by atoms with E-state index in [1.807, 2.05) is 0 Å². The van der Waals surface area contributed by atoms with Crippen molar-refractivity contribution in [1.82, 2.24) is 10.6 Å². The van der Waals surface area contributed by atoms with E-state index >= 15 is 0 Å². The first-order valence-corrected chi connectivity index (χ1v) is 7.46. The van der Waals surface area contributed by atoms with Crippen molar-refractivity contribution in [1.29, 1.82) is 0 Å². The summed E-state index contributed by atoms with van der Waals surface area (Å²) < 4.78 is 13.4. The van der Waals surface area contributed by atoms with Crippen LogP contribution in [0.4, 0.5) is 4.39 Å². The Bertz CT molecular complexity index is 499. The molecule has 0 unspecified atom stereocenters. The average molecular weight is 292 g/mol. The summed E-state index contributed by atoms with van der Waals surface area (Å²) in [5, 5.41) is 5.26. The number of benzene rings is 1. The lowest BCUT2D eigenvalue weighted by Gasteiger charge is -2.21. The van der Waals surface area contributed by atoms with Crippen LogP contribution in [-0.2, 0) is 4.79 Å². The van der Waals surface area contributed by atoms with E-state index in [-0.39, 0.29) is 18.0 Å². The summed E-state index contributed by atoms with van der Waals surface area (Å²) in [4.78, 5) is 23.4. The zero-order chi connectivity index (χ0) is 15.1. The van der Waals surface area contributed by atoms with Crippen LogP contribution < -0.4 is 10.6 Å². The van der Waals surface area contributed by atoms with Crippen molar-refractivity contribution in [3.8, 4) is 0 Å². The van der Waals surface area contributed by atoms with Crippen molar-refractivity contribution in [2.45, 2.75) is 32.1 Å². The third-order valence-corrected chi connectivity index (χ3v) is 3.84. The van der Waals surface area contributed by atoms with Crippen molar-refractivity contribution in [3.05, 3.63) is 35.6 Å². The van der Waals surface area contributed by atoms with Gasteiger partial charge in [0.05, 0.1) is 12.1 Å². The van der Waals surface area contributed by atoms with Crippen LogP contribution in [-0.4, -0.2) is 24.9 Å². The first-order chi connectivity index (χ1) is 10.2. The molecule has 1 fully saturated rings. The molecule has 4 nitrogen and oxygen atoms in total. The Kier molecular flexibility index (Phi) is 5.72. The van der Waals surface area contributed by atoms with E-state index in [0.29, 0.717) is 12.5 Å². The molecule has 0 radical (unpaired) electrons. The number of hydrogen-bond acceptors (Lipinski definition) is 2. The lowest BCUT2D eigenvalue weighted by Crippen LogP contribution is -2.39. The van der Waals surface area contributed by atoms with E-state index in [1.165, 1.54) is 37.5 Å². The third-order valence-electron chi connectivity index (χ3n) is 3.84. The lowest BCUT2D eigenvalue weighted by atomic mass is 9.89.